The van der Waals surface area contributed by atoms with Crippen molar-refractivity contribution >= 4 is 46.7 Å². The van der Waals surface area contributed by atoms with E-state index in [0.29, 0.717) is 22.0 Å². The molecule has 2 amide bonds. The highest BCUT2D eigenvalue weighted by Gasteiger charge is 2.11. The number of amides is 2. The third-order valence-corrected chi connectivity index (χ3v) is 5.32. The molecule has 0 aromatic heterocycles. The second-order valence-electron chi connectivity index (χ2n) is 6.95. The molecule has 0 fully saturated rings. The Hall–Kier alpha value is -3.85. The van der Waals surface area contributed by atoms with Crippen LogP contribution >= 0.6 is 11.9 Å². The summed E-state index contributed by atoms with van der Waals surface area (Å²) >= 11 is 1.22. The average Bonchev–Trinajstić information content (AvgIpc) is 2.77. The summed E-state index contributed by atoms with van der Waals surface area (Å²) in [5.74, 6) is -0.455. The molecule has 0 spiro atoms. The maximum Gasteiger partial charge on any atom is 0.335 e. The van der Waals surface area contributed by atoms with E-state index in [-0.39, 0.29) is 11.6 Å². The first-order valence-electron chi connectivity index (χ1n) is 9.66. The Morgan fingerprint density at radius 2 is 1.69 bits per heavy atom. The van der Waals surface area contributed by atoms with Gasteiger partial charge in [0.05, 0.1) is 28.9 Å². The summed E-state index contributed by atoms with van der Waals surface area (Å²) in [6.45, 7) is 0. The van der Waals surface area contributed by atoms with Gasteiger partial charge in [0.25, 0.3) is 0 Å². The van der Waals surface area contributed by atoms with Crippen molar-refractivity contribution in [2.75, 3.05) is 41.5 Å². The fourth-order valence-corrected chi connectivity index (χ4v) is 3.71. The molecule has 9 heteroatoms. The molecule has 0 aliphatic carbocycles. The van der Waals surface area contributed by atoms with E-state index in [1.807, 2.05) is 49.3 Å². The van der Waals surface area contributed by atoms with Gasteiger partial charge in [-0.25, -0.2) is 9.59 Å². The van der Waals surface area contributed by atoms with E-state index in [0.717, 1.165) is 11.4 Å². The smallest absolute Gasteiger partial charge is 0.335 e. The summed E-state index contributed by atoms with van der Waals surface area (Å²) in [5.41, 5.74) is 3.09. The van der Waals surface area contributed by atoms with Crippen molar-refractivity contribution in [2.45, 2.75) is 4.90 Å². The van der Waals surface area contributed by atoms with Crippen molar-refractivity contribution in [1.82, 2.24) is 0 Å². The van der Waals surface area contributed by atoms with Gasteiger partial charge in [-0.3, -0.25) is 0 Å². The predicted molar refractivity (Wildman–Crippen MR) is 129 cm³/mol. The number of anilines is 4. The molecule has 166 valence electrons. The molecule has 0 heterocycles. The van der Waals surface area contributed by atoms with Crippen molar-refractivity contribution in [2.24, 2.45) is 0 Å². The van der Waals surface area contributed by atoms with Crippen LogP contribution in [0.3, 0.4) is 0 Å². The first-order chi connectivity index (χ1) is 15.4. The molecule has 0 atom stereocenters. The molecule has 0 aliphatic rings. The second kappa shape index (κ2) is 10.5. The van der Waals surface area contributed by atoms with Gasteiger partial charge >= 0.3 is 12.0 Å². The van der Waals surface area contributed by atoms with Crippen LogP contribution in [-0.2, 0) is 0 Å². The van der Waals surface area contributed by atoms with Crippen LogP contribution in [0.4, 0.5) is 27.5 Å². The zero-order valence-corrected chi connectivity index (χ0v) is 18.7. The number of aromatic carboxylic acids is 1. The highest BCUT2D eigenvalue weighted by atomic mass is 32.2. The molecule has 8 nitrogen and oxygen atoms in total. The van der Waals surface area contributed by atoms with E-state index in [9.17, 15) is 14.7 Å². The van der Waals surface area contributed by atoms with Crippen LogP contribution in [0, 0.1) is 0 Å². The first kappa shape index (κ1) is 22.8. The number of hydrogen-bond donors (Lipinski definition) is 4. The van der Waals surface area contributed by atoms with Gasteiger partial charge in [-0.15, -0.1) is 0 Å². The van der Waals surface area contributed by atoms with Crippen molar-refractivity contribution in [3.05, 3.63) is 72.3 Å². The fraction of sp³-hybridized carbons (Fsp3) is 0.130. The van der Waals surface area contributed by atoms with Gasteiger partial charge in [-0.2, -0.15) is 0 Å². The summed E-state index contributed by atoms with van der Waals surface area (Å²) in [5, 5.41) is 14.9. The number of nitrogens with zero attached hydrogens (tertiary/aromatic N) is 1. The number of carbonyl (C=O) groups excluding carboxylic acids is 1. The molecule has 0 unspecified atom stereocenters. The minimum absolute atomic E-state index is 0.167. The van der Waals surface area contributed by atoms with E-state index >= 15 is 0 Å². The highest BCUT2D eigenvalue weighted by molar-refractivity contribution is 8.00. The summed E-state index contributed by atoms with van der Waals surface area (Å²) in [4.78, 5) is 26.3. The molecule has 3 aromatic carbocycles. The lowest BCUT2D eigenvalue weighted by Crippen LogP contribution is -2.21. The standard InChI is InChI=1S/C23H24N4O4S/c1-27(2)19-10-5-4-9-18(19)25-23(30)24-16-7-6-8-17(14-16)26-32-21-13-15(22(28)29)11-12-20(21)31-3/h4-14,26H,1-3H3,(H,28,29)(H2,24,25,30). The van der Waals surface area contributed by atoms with Gasteiger partial charge in [-0.05, 0) is 60.5 Å². The number of carboxylic acid groups (broad SMARTS) is 1. The van der Waals surface area contributed by atoms with Crippen LogP contribution in [0.25, 0.3) is 0 Å². The number of urea groups is 1. The minimum Gasteiger partial charge on any atom is -0.496 e. The van der Waals surface area contributed by atoms with Gasteiger partial charge in [0.15, 0.2) is 0 Å². The molecule has 0 saturated carbocycles. The van der Waals surface area contributed by atoms with E-state index in [4.69, 9.17) is 4.74 Å². The Kier molecular flexibility index (Phi) is 7.45. The van der Waals surface area contributed by atoms with Gasteiger partial charge in [0, 0.05) is 25.5 Å². The van der Waals surface area contributed by atoms with Crippen LogP contribution in [0.1, 0.15) is 10.4 Å². The fourth-order valence-electron chi connectivity index (χ4n) is 2.92. The molecule has 4 N–H and O–H groups in total. The van der Waals surface area contributed by atoms with E-state index < -0.39 is 5.97 Å². The number of carboxylic acids is 1. The van der Waals surface area contributed by atoms with E-state index in [1.165, 1.54) is 31.2 Å². The molecular weight excluding hydrogens is 428 g/mol. The monoisotopic (exact) mass is 452 g/mol. The Morgan fingerprint density at radius 1 is 0.938 bits per heavy atom. The number of methoxy groups -OCH3 is 1. The van der Waals surface area contributed by atoms with Crippen LogP contribution in [0.2, 0.25) is 0 Å². The van der Waals surface area contributed by atoms with Gasteiger partial charge in [-0.1, -0.05) is 18.2 Å². The van der Waals surface area contributed by atoms with Gasteiger partial charge in [0.1, 0.15) is 5.75 Å². The number of para-hydroxylation sites is 2. The third kappa shape index (κ3) is 5.86. The highest BCUT2D eigenvalue weighted by Crippen LogP contribution is 2.32. The second-order valence-corrected chi connectivity index (χ2v) is 7.79. The van der Waals surface area contributed by atoms with Crippen molar-refractivity contribution in [3.8, 4) is 5.75 Å². The van der Waals surface area contributed by atoms with E-state index in [1.54, 1.807) is 24.3 Å². The summed E-state index contributed by atoms with van der Waals surface area (Å²) in [6.07, 6.45) is 0. The van der Waals surface area contributed by atoms with Crippen molar-refractivity contribution in [3.63, 3.8) is 0 Å². The summed E-state index contributed by atoms with van der Waals surface area (Å²) in [6, 6.07) is 19.0. The average molecular weight is 453 g/mol. The molecule has 3 aromatic rings. The Balaban J connectivity index is 1.67. The molecule has 0 bridgehead atoms. The lowest BCUT2D eigenvalue weighted by molar-refractivity contribution is 0.0696. The number of carbonyl (C=O) groups is 2. The maximum absolute atomic E-state index is 12.5. The zero-order valence-electron chi connectivity index (χ0n) is 17.9. The van der Waals surface area contributed by atoms with E-state index in [2.05, 4.69) is 15.4 Å². The van der Waals surface area contributed by atoms with Crippen molar-refractivity contribution in [1.29, 1.82) is 0 Å². The quantitative estimate of drug-likeness (QED) is 0.347. The van der Waals surface area contributed by atoms with Crippen LogP contribution in [0.15, 0.2) is 71.6 Å². The normalized spacial score (nSPS) is 10.2. The summed E-state index contributed by atoms with van der Waals surface area (Å²) < 4.78 is 8.46. The van der Waals surface area contributed by atoms with Crippen LogP contribution < -0.4 is 25.0 Å². The largest absolute Gasteiger partial charge is 0.496 e. The lowest BCUT2D eigenvalue weighted by atomic mass is 10.2. The number of hydrogen-bond acceptors (Lipinski definition) is 6. The van der Waals surface area contributed by atoms with Gasteiger partial charge in [0.2, 0.25) is 0 Å². The number of ether oxygens (including phenoxy) is 1. The van der Waals surface area contributed by atoms with Crippen LogP contribution in [0.5, 0.6) is 5.75 Å². The number of benzene rings is 3. The Morgan fingerprint density at radius 3 is 2.41 bits per heavy atom. The Labute approximate surface area is 190 Å². The molecular formula is C23H24N4O4S. The SMILES string of the molecule is COc1ccc(C(=O)O)cc1SNc1cccc(NC(=O)Nc2ccccc2N(C)C)c1. The third-order valence-electron chi connectivity index (χ3n) is 4.44. The minimum atomic E-state index is -1.01. The maximum atomic E-state index is 12.5. The number of nitrogens with one attached hydrogen (secondary N) is 3. The van der Waals surface area contributed by atoms with Crippen LogP contribution in [-0.4, -0.2) is 38.3 Å². The molecule has 0 radical (unpaired) electrons. The lowest BCUT2D eigenvalue weighted by Gasteiger charge is -2.18. The molecule has 32 heavy (non-hydrogen) atoms. The molecule has 0 saturated heterocycles. The Bertz CT molecular complexity index is 1120. The molecule has 3 rings (SSSR count). The number of rotatable bonds is 8. The van der Waals surface area contributed by atoms with Gasteiger partial charge < -0.3 is 30.1 Å². The topological polar surface area (TPSA) is 103 Å². The zero-order chi connectivity index (χ0) is 23.1. The summed E-state index contributed by atoms with van der Waals surface area (Å²) in [7, 11) is 5.34. The molecule has 0 aliphatic heterocycles. The van der Waals surface area contributed by atoms with Crippen molar-refractivity contribution < 1.29 is 19.4 Å². The first-order valence-corrected chi connectivity index (χ1v) is 10.5. The predicted octanol–water partition coefficient (Wildman–Crippen LogP) is 5.22.